The van der Waals surface area contributed by atoms with Crippen LogP contribution in [0.3, 0.4) is 0 Å². The Kier molecular flexibility index (Phi) is 6.95. The van der Waals surface area contributed by atoms with E-state index < -0.39 is 11.8 Å². The predicted molar refractivity (Wildman–Crippen MR) is 115 cm³/mol. The molecular formula is C23H23N3O3. The van der Waals surface area contributed by atoms with Crippen molar-refractivity contribution in [3.8, 4) is 5.75 Å². The van der Waals surface area contributed by atoms with Crippen LogP contribution < -0.4 is 15.5 Å². The third kappa shape index (κ3) is 5.65. The summed E-state index contributed by atoms with van der Waals surface area (Å²) < 4.78 is 5.60. The van der Waals surface area contributed by atoms with Crippen LogP contribution in [0.25, 0.3) is 10.8 Å². The van der Waals surface area contributed by atoms with Crippen LogP contribution in [0, 0.1) is 0 Å². The average Bonchev–Trinajstić information content (AvgIpc) is 2.75. The van der Waals surface area contributed by atoms with E-state index >= 15 is 0 Å². The van der Waals surface area contributed by atoms with Crippen LogP contribution in [0.1, 0.15) is 25.3 Å². The summed E-state index contributed by atoms with van der Waals surface area (Å²) in [4.78, 5) is 24.2. The fourth-order valence-corrected chi connectivity index (χ4v) is 2.71. The summed E-state index contributed by atoms with van der Waals surface area (Å²) in [5.41, 5.74) is 3.60. The van der Waals surface area contributed by atoms with E-state index in [2.05, 4.69) is 22.8 Å². The Morgan fingerprint density at radius 3 is 2.52 bits per heavy atom. The first-order valence-electron chi connectivity index (χ1n) is 9.52. The third-order valence-electron chi connectivity index (χ3n) is 4.27. The van der Waals surface area contributed by atoms with Gasteiger partial charge in [0.2, 0.25) is 0 Å². The Hall–Kier alpha value is -3.67. The van der Waals surface area contributed by atoms with Gasteiger partial charge in [-0.3, -0.25) is 9.59 Å². The van der Waals surface area contributed by atoms with E-state index in [0.717, 1.165) is 34.9 Å². The van der Waals surface area contributed by atoms with Gasteiger partial charge in [-0.1, -0.05) is 49.7 Å². The molecule has 0 fully saturated rings. The largest absolute Gasteiger partial charge is 0.494 e. The van der Waals surface area contributed by atoms with Crippen molar-refractivity contribution < 1.29 is 14.3 Å². The van der Waals surface area contributed by atoms with Crippen LogP contribution in [-0.2, 0) is 9.59 Å². The van der Waals surface area contributed by atoms with E-state index in [-0.39, 0.29) is 0 Å². The third-order valence-corrected chi connectivity index (χ3v) is 4.27. The molecule has 0 heterocycles. The number of ether oxygens (including phenoxy) is 1. The highest BCUT2D eigenvalue weighted by atomic mass is 16.5. The molecule has 6 nitrogen and oxygen atoms in total. The first-order chi connectivity index (χ1) is 14.2. The molecule has 3 aromatic carbocycles. The van der Waals surface area contributed by atoms with Gasteiger partial charge < -0.3 is 10.1 Å². The zero-order valence-electron chi connectivity index (χ0n) is 16.2. The molecule has 0 saturated carbocycles. The van der Waals surface area contributed by atoms with Gasteiger partial charge in [-0.05, 0) is 47.7 Å². The number of anilines is 1. The van der Waals surface area contributed by atoms with Gasteiger partial charge in [0.05, 0.1) is 12.8 Å². The number of benzene rings is 3. The monoisotopic (exact) mass is 389 g/mol. The number of carbonyl (C=O) groups is 2. The highest BCUT2D eigenvalue weighted by molar-refractivity contribution is 6.40. The van der Waals surface area contributed by atoms with Gasteiger partial charge in [0.1, 0.15) is 5.75 Å². The summed E-state index contributed by atoms with van der Waals surface area (Å²) >= 11 is 0. The zero-order chi connectivity index (χ0) is 20.5. The fraction of sp³-hybridized carbons (Fsp3) is 0.174. The van der Waals surface area contributed by atoms with Crippen molar-refractivity contribution in [1.29, 1.82) is 0 Å². The molecule has 3 rings (SSSR count). The number of carbonyl (C=O) groups excluding carboxylic acids is 2. The smallest absolute Gasteiger partial charge is 0.329 e. The highest BCUT2D eigenvalue weighted by Gasteiger charge is 2.14. The van der Waals surface area contributed by atoms with E-state index in [1.54, 1.807) is 6.07 Å². The number of amides is 2. The highest BCUT2D eigenvalue weighted by Crippen LogP contribution is 2.22. The molecule has 0 aliphatic rings. The standard InChI is InChI=1S/C23H23N3O3/c1-2-3-15-29-19-13-11-17(12-14-19)16-24-26-23(28)22(27)25-21-10-6-8-18-7-4-5-9-20(18)21/h4-14,16H,2-3,15H2,1H3,(H,25,27)(H,26,28)/b24-16+. The molecule has 2 N–H and O–H groups in total. The van der Waals surface area contributed by atoms with Gasteiger partial charge in [-0.25, -0.2) is 5.43 Å². The Balaban J connectivity index is 1.54. The van der Waals surface area contributed by atoms with Crippen LogP contribution >= 0.6 is 0 Å². The summed E-state index contributed by atoms with van der Waals surface area (Å²) in [6, 6.07) is 20.5. The van der Waals surface area contributed by atoms with E-state index in [1.165, 1.54) is 6.21 Å². The van der Waals surface area contributed by atoms with Crippen molar-refractivity contribution in [2.24, 2.45) is 5.10 Å². The van der Waals surface area contributed by atoms with Crippen LogP contribution in [0.5, 0.6) is 5.75 Å². The maximum atomic E-state index is 12.2. The van der Waals surface area contributed by atoms with Gasteiger partial charge in [0, 0.05) is 11.1 Å². The van der Waals surface area contributed by atoms with E-state index in [4.69, 9.17) is 4.74 Å². The predicted octanol–water partition coefficient (Wildman–Crippen LogP) is 4.11. The van der Waals surface area contributed by atoms with Crippen molar-refractivity contribution in [3.63, 3.8) is 0 Å². The van der Waals surface area contributed by atoms with Crippen LogP contribution in [-0.4, -0.2) is 24.6 Å². The van der Waals surface area contributed by atoms with Crippen molar-refractivity contribution in [2.75, 3.05) is 11.9 Å². The number of rotatable bonds is 7. The van der Waals surface area contributed by atoms with Crippen molar-refractivity contribution in [3.05, 3.63) is 72.3 Å². The Morgan fingerprint density at radius 2 is 1.72 bits per heavy atom. The van der Waals surface area contributed by atoms with Gasteiger partial charge in [0.15, 0.2) is 0 Å². The minimum atomic E-state index is -0.839. The average molecular weight is 389 g/mol. The summed E-state index contributed by atoms with van der Waals surface area (Å²) in [6.07, 6.45) is 3.56. The lowest BCUT2D eigenvalue weighted by molar-refractivity contribution is -0.136. The number of nitrogens with one attached hydrogen (secondary N) is 2. The number of hydrogen-bond acceptors (Lipinski definition) is 4. The maximum absolute atomic E-state index is 12.2. The van der Waals surface area contributed by atoms with Crippen molar-refractivity contribution in [2.45, 2.75) is 19.8 Å². The lowest BCUT2D eigenvalue weighted by Crippen LogP contribution is -2.32. The van der Waals surface area contributed by atoms with E-state index in [0.29, 0.717) is 12.3 Å². The quantitative estimate of drug-likeness (QED) is 0.276. The van der Waals surface area contributed by atoms with Crippen molar-refractivity contribution in [1.82, 2.24) is 5.43 Å². The van der Waals surface area contributed by atoms with Gasteiger partial charge in [-0.15, -0.1) is 0 Å². The maximum Gasteiger partial charge on any atom is 0.329 e. The molecular weight excluding hydrogens is 366 g/mol. The number of hydrazone groups is 1. The second-order valence-corrected chi connectivity index (χ2v) is 6.45. The molecule has 3 aromatic rings. The van der Waals surface area contributed by atoms with Gasteiger partial charge in [0.25, 0.3) is 0 Å². The first-order valence-corrected chi connectivity index (χ1v) is 9.52. The summed E-state index contributed by atoms with van der Waals surface area (Å²) in [5.74, 6) is -0.832. The zero-order valence-corrected chi connectivity index (χ0v) is 16.2. The second-order valence-electron chi connectivity index (χ2n) is 6.45. The van der Waals surface area contributed by atoms with E-state index in [1.807, 2.05) is 60.7 Å². The number of nitrogens with zero attached hydrogens (tertiary/aromatic N) is 1. The van der Waals surface area contributed by atoms with Crippen LogP contribution in [0.15, 0.2) is 71.8 Å². The SMILES string of the molecule is CCCCOc1ccc(/C=N/NC(=O)C(=O)Nc2cccc3ccccc23)cc1. The molecule has 0 aliphatic carbocycles. The molecule has 148 valence electrons. The molecule has 0 aliphatic heterocycles. The number of fused-ring (bicyclic) bond motifs is 1. The number of hydrogen-bond donors (Lipinski definition) is 2. The molecule has 29 heavy (non-hydrogen) atoms. The second kappa shape index (κ2) is 10.0. The van der Waals surface area contributed by atoms with Gasteiger partial charge in [-0.2, -0.15) is 5.10 Å². The lowest BCUT2D eigenvalue weighted by atomic mass is 10.1. The summed E-state index contributed by atoms with van der Waals surface area (Å²) in [7, 11) is 0. The van der Waals surface area contributed by atoms with Crippen molar-refractivity contribution >= 4 is 34.5 Å². The summed E-state index contributed by atoms with van der Waals surface area (Å²) in [5, 5.41) is 8.31. The first kappa shape index (κ1) is 20.1. The van der Waals surface area contributed by atoms with E-state index in [9.17, 15) is 9.59 Å². The minimum absolute atomic E-state index is 0.575. The molecule has 0 radical (unpaired) electrons. The number of unbranched alkanes of at least 4 members (excludes halogenated alkanes) is 1. The van der Waals surface area contributed by atoms with Crippen LogP contribution in [0.2, 0.25) is 0 Å². The molecule has 0 saturated heterocycles. The lowest BCUT2D eigenvalue weighted by Gasteiger charge is -2.07. The topological polar surface area (TPSA) is 79.8 Å². The Labute approximate surface area is 169 Å². The van der Waals surface area contributed by atoms with Crippen LogP contribution in [0.4, 0.5) is 5.69 Å². The molecule has 0 spiro atoms. The van der Waals surface area contributed by atoms with Gasteiger partial charge >= 0.3 is 11.8 Å². The molecule has 0 atom stereocenters. The molecule has 2 amide bonds. The Bertz CT molecular complexity index is 1010. The fourth-order valence-electron chi connectivity index (χ4n) is 2.71. The molecule has 0 unspecified atom stereocenters. The molecule has 0 aromatic heterocycles. The minimum Gasteiger partial charge on any atom is -0.494 e. The Morgan fingerprint density at radius 1 is 0.966 bits per heavy atom. The normalized spacial score (nSPS) is 10.8. The molecule has 0 bridgehead atoms. The summed E-state index contributed by atoms with van der Waals surface area (Å²) in [6.45, 7) is 2.80. The molecule has 6 heteroatoms.